The van der Waals surface area contributed by atoms with Crippen LogP contribution in [0.25, 0.3) is 0 Å². The fourth-order valence-corrected chi connectivity index (χ4v) is 3.62. The number of alkyl halides is 5. The van der Waals surface area contributed by atoms with Gasteiger partial charge in [0, 0.05) is 50.4 Å². The Morgan fingerprint density at radius 1 is 1.25 bits per heavy atom. The number of ether oxygens (including phenoxy) is 1. The first-order valence-electron chi connectivity index (χ1n) is 9.63. The van der Waals surface area contributed by atoms with Crippen molar-refractivity contribution in [2.75, 3.05) is 26.7 Å². The predicted octanol–water partition coefficient (Wildman–Crippen LogP) is 4.36. The topological polar surface area (TPSA) is 67.3 Å². The van der Waals surface area contributed by atoms with Gasteiger partial charge in [0.15, 0.2) is 0 Å². The van der Waals surface area contributed by atoms with Crippen molar-refractivity contribution in [3.63, 3.8) is 0 Å². The van der Waals surface area contributed by atoms with Crippen molar-refractivity contribution in [2.45, 2.75) is 31.0 Å². The summed E-state index contributed by atoms with van der Waals surface area (Å²) in [6.45, 7) is -0.0722. The number of rotatable bonds is 6. The molecule has 1 fully saturated rings. The minimum atomic E-state index is -4.71. The Balaban J connectivity index is 1.79. The summed E-state index contributed by atoms with van der Waals surface area (Å²) in [5, 5.41) is 2.81. The van der Waals surface area contributed by atoms with Crippen LogP contribution in [-0.2, 0) is 6.18 Å². The summed E-state index contributed by atoms with van der Waals surface area (Å²) in [7, 11) is 1.45. The van der Waals surface area contributed by atoms with Crippen LogP contribution in [0, 0.1) is 0 Å². The molecule has 1 aliphatic rings. The van der Waals surface area contributed by atoms with Gasteiger partial charge in [-0.05, 0) is 18.2 Å². The van der Waals surface area contributed by atoms with Crippen molar-refractivity contribution in [3.05, 3.63) is 52.6 Å². The maximum Gasteiger partial charge on any atom is 0.451 e. The van der Waals surface area contributed by atoms with Gasteiger partial charge in [-0.1, -0.05) is 11.6 Å². The lowest BCUT2D eigenvalue weighted by Crippen LogP contribution is -2.45. The van der Waals surface area contributed by atoms with Gasteiger partial charge >= 0.3 is 6.18 Å². The van der Waals surface area contributed by atoms with Gasteiger partial charge in [0.25, 0.3) is 11.8 Å². The van der Waals surface area contributed by atoms with E-state index in [1.165, 1.54) is 19.2 Å². The molecular formula is C20H20ClF5N4O2. The van der Waals surface area contributed by atoms with Crippen LogP contribution in [0.15, 0.2) is 30.6 Å². The lowest BCUT2D eigenvalue weighted by Gasteiger charge is -2.37. The monoisotopic (exact) mass is 478 g/mol. The highest BCUT2D eigenvalue weighted by Gasteiger charge is 2.38. The number of nitrogens with one attached hydrogen (secondary N) is 1. The maximum atomic E-state index is 13.6. The summed E-state index contributed by atoms with van der Waals surface area (Å²) < 4.78 is 70.6. The molecule has 0 saturated carbocycles. The third-order valence-electron chi connectivity index (χ3n) is 5.16. The first kappa shape index (κ1) is 24.1. The molecule has 32 heavy (non-hydrogen) atoms. The fraction of sp³-hybridized carbons (Fsp3) is 0.450. The largest absolute Gasteiger partial charge is 0.497 e. The normalized spacial score (nSPS) is 17.6. The average Bonchev–Trinajstić information content (AvgIpc) is 2.74. The molecule has 2 aromatic rings. The van der Waals surface area contributed by atoms with E-state index in [-0.39, 0.29) is 35.8 Å². The quantitative estimate of drug-likeness (QED) is 0.625. The molecule has 1 atom stereocenters. The van der Waals surface area contributed by atoms with E-state index in [1.807, 2.05) is 0 Å². The van der Waals surface area contributed by atoms with Gasteiger partial charge in [-0.3, -0.25) is 9.69 Å². The molecule has 1 saturated heterocycles. The van der Waals surface area contributed by atoms with Gasteiger partial charge in [-0.2, -0.15) is 13.2 Å². The van der Waals surface area contributed by atoms with Crippen LogP contribution >= 0.6 is 11.6 Å². The Labute approximate surface area is 185 Å². The van der Waals surface area contributed by atoms with Gasteiger partial charge in [-0.25, -0.2) is 18.7 Å². The SMILES string of the molecule is COc1ccc(C(=O)NCC(c2cnc(C(F)(F)F)nc2)N2CCC(F)(F)CC2)c(Cl)c1. The number of piperidine rings is 1. The summed E-state index contributed by atoms with van der Waals surface area (Å²) in [4.78, 5) is 21.0. The molecule has 1 aromatic heterocycles. The highest BCUT2D eigenvalue weighted by atomic mass is 35.5. The molecule has 0 bridgehead atoms. The number of hydrogen-bond acceptors (Lipinski definition) is 5. The molecule has 2 heterocycles. The highest BCUT2D eigenvalue weighted by molar-refractivity contribution is 6.34. The zero-order chi connectivity index (χ0) is 23.5. The number of amides is 1. The molecule has 174 valence electrons. The van der Waals surface area contributed by atoms with Crippen LogP contribution in [0.4, 0.5) is 22.0 Å². The lowest BCUT2D eigenvalue weighted by molar-refractivity contribution is -0.145. The second-order valence-corrected chi connectivity index (χ2v) is 7.71. The number of hydrogen-bond donors (Lipinski definition) is 1. The summed E-state index contributed by atoms with van der Waals surface area (Å²) in [6.07, 6.45) is -3.51. The molecule has 1 amide bonds. The van der Waals surface area contributed by atoms with Crippen LogP contribution < -0.4 is 10.1 Å². The molecule has 1 aromatic carbocycles. The van der Waals surface area contributed by atoms with Gasteiger partial charge in [0.2, 0.25) is 5.82 Å². The number of aromatic nitrogens is 2. The van der Waals surface area contributed by atoms with E-state index in [4.69, 9.17) is 16.3 Å². The van der Waals surface area contributed by atoms with Crippen LogP contribution in [0.5, 0.6) is 5.75 Å². The Morgan fingerprint density at radius 2 is 1.88 bits per heavy atom. The number of halogens is 6. The molecule has 12 heteroatoms. The average molecular weight is 479 g/mol. The molecule has 1 unspecified atom stereocenters. The first-order valence-corrected chi connectivity index (χ1v) is 10.0. The van der Waals surface area contributed by atoms with Crippen molar-refractivity contribution in [3.8, 4) is 5.75 Å². The Morgan fingerprint density at radius 3 is 2.41 bits per heavy atom. The van der Waals surface area contributed by atoms with E-state index in [0.29, 0.717) is 5.75 Å². The molecule has 3 rings (SSSR count). The zero-order valence-electron chi connectivity index (χ0n) is 16.9. The smallest absolute Gasteiger partial charge is 0.451 e. The van der Waals surface area contributed by atoms with Crippen molar-refractivity contribution in [1.82, 2.24) is 20.2 Å². The van der Waals surface area contributed by atoms with E-state index >= 15 is 0 Å². The number of carbonyl (C=O) groups excluding carboxylic acids is 1. The van der Waals surface area contributed by atoms with E-state index in [9.17, 15) is 26.7 Å². The second-order valence-electron chi connectivity index (χ2n) is 7.30. The van der Waals surface area contributed by atoms with Gasteiger partial charge in [0.05, 0.1) is 23.7 Å². The Kier molecular flexibility index (Phi) is 7.19. The predicted molar refractivity (Wildman–Crippen MR) is 106 cm³/mol. The van der Waals surface area contributed by atoms with Crippen molar-refractivity contribution in [1.29, 1.82) is 0 Å². The third-order valence-corrected chi connectivity index (χ3v) is 5.47. The van der Waals surface area contributed by atoms with Gasteiger partial charge in [-0.15, -0.1) is 0 Å². The summed E-state index contributed by atoms with van der Waals surface area (Å²) in [6, 6.07) is 3.78. The van der Waals surface area contributed by atoms with E-state index in [2.05, 4.69) is 15.3 Å². The van der Waals surface area contributed by atoms with Gasteiger partial charge < -0.3 is 10.1 Å². The Bertz CT molecular complexity index is 946. The van der Waals surface area contributed by atoms with Crippen LogP contribution in [-0.4, -0.2) is 53.4 Å². The maximum absolute atomic E-state index is 13.6. The fourth-order valence-electron chi connectivity index (χ4n) is 3.37. The molecule has 0 radical (unpaired) electrons. The van der Waals surface area contributed by atoms with E-state index < -0.39 is 42.7 Å². The lowest BCUT2D eigenvalue weighted by atomic mass is 10.0. The number of likely N-dealkylation sites (tertiary alicyclic amines) is 1. The van der Waals surface area contributed by atoms with Gasteiger partial charge in [0.1, 0.15) is 5.75 Å². The van der Waals surface area contributed by atoms with E-state index in [0.717, 1.165) is 12.4 Å². The summed E-state index contributed by atoms with van der Waals surface area (Å²) in [5.41, 5.74) is 0.435. The molecule has 0 spiro atoms. The number of nitrogens with zero attached hydrogens (tertiary/aromatic N) is 3. The minimum absolute atomic E-state index is 0.00213. The Hall–Kier alpha value is -2.53. The molecule has 1 N–H and O–H groups in total. The molecule has 6 nitrogen and oxygen atoms in total. The van der Waals surface area contributed by atoms with Crippen molar-refractivity contribution in [2.24, 2.45) is 0 Å². The third kappa shape index (κ3) is 5.83. The van der Waals surface area contributed by atoms with Crippen molar-refractivity contribution >= 4 is 17.5 Å². The standard InChI is InChI=1S/C20H20ClF5N4O2/c1-32-13-2-3-14(15(21)8-13)17(31)27-11-16(30-6-4-19(22,23)5-7-30)12-9-28-18(29-10-12)20(24,25)26/h2-3,8-10,16H,4-7,11H2,1H3,(H,27,31). The van der Waals surface area contributed by atoms with Crippen LogP contribution in [0.1, 0.15) is 40.6 Å². The number of methoxy groups -OCH3 is 1. The summed E-state index contributed by atoms with van der Waals surface area (Å²) in [5.74, 6) is -4.19. The summed E-state index contributed by atoms with van der Waals surface area (Å²) >= 11 is 6.11. The van der Waals surface area contributed by atoms with Crippen LogP contribution in [0.2, 0.25) is 5.02 Å². The second kappa shape index (κ2) is 9.53. The minimum Gasteiger partial charge on any atom is -0.497 e. The highest BCUT2D eigenvalue weighted by Crippen LogP contribution is 2.33. The first-order chi connectivity index (χ1) is 15.0. The molecular weight excluding hydrogens is 459 g/mol. The molecule has 1 aliphatic heterocycles. The molecule has 0 aliphatic carbocycles. The van der Waals surface area contributed by atoms with Crippen molar-refractivity contribution < 1.29 is 31.5 Å². The zero-order valence-corrected chi connectivity index (χ0v) is 17.7. The van der Waals surface area contributed by atoms with E-state index in [1.54, 1.807) is 11.0 Å². The number of benzene rings is 1. The number of carbonyl (C=O) groups is 1. The van der Waals surface area contributed by atoms with Crippen LogP contribution in [0.3, 0.4) is 0 Å².